The molecule has 154 valence electrons. The van der Waals surface area contributed by atoms with Crippen LogP contribution in [0.3, 0.4) is 0 Å². The van der Waals surface area contributed by atoms with Crippen LogP contribution in [0.25, 0.3) is 11.0 Å². The number of aryl methyl sites for hydroxylation is 2. The van der Waals surface area contributed by atoms with Crippen molar-refractivity contribution >= 4 is 11.0 Å². The number of benzene rings is 2. The topological polar surface area (TPSA) is 39.5 Å². The highest BCUT2D eigenvalue weighted by Gasteiger charge is 2.13. The third kappa shape index (κ3) is 5.58. The van der Waals surface area contributed by atoms with Crippen LogP contribution in [0.2, 0.25) is 0 Å². The highest BCUT2D eigenvalue weighted by atomic mass is 16.5. The molecule has 5 heteroatoms. The second-order valence-electron chi connectivity index (χ2n) is 7.59. The lowest BCUT2D eigenvalue weighted by Crippen LogP contribution is -2.37. The van der Waals surface area contributed by atoms with E-state index in [2.05, 4.69) is 33.7 Å². The highest BCUT2D eigenvalue weighted by Crippen LogP contribution is 2.18. The molecular formula is C24H31N3O2. The molecule has 0 amide bonds. The number of para-hydroxylation sites is 3. The van der Waals surface area contributed by atoms with Gasteiger partial charge >= 0.3 is 0 Å². The second kappa shape index (κ2) is 10.4. The van der Waals surface area contributed by atoms with Crippen molar-refractivity contribution in [2.45, 2.75) is 32.2 Å². The predicted molar refractivity (Wildman–Crippen MR) is 116 cm³/mol. The van der Waals surface area contributed by atoms with Crippen LogP contribution in [-0.4, -0.2) is 53.9 Å². The van der Waals surface area contributed by atoms with Crippen molar-refractivity contribution in [3.8, 4) is 5.75 Å². The number of imidazole rings is 1. The number of morpholine rings is 1. The first kappa shape index (κ1) is 19.9. The van der Waals surface area contributed by atoms with E-state index in [0.29, 0.717) is 0 Å². The van der Waals surface area contributed by atoms with Gasteiger partial charge in [-0.3, -0.25) is 4.90 Å². The normalized spacial score (nSPS) is 15.0. The fourth-order valence-electron chi connectivity index (χ4n) is 3.93. The molecule has 0 bridgehead atoms. The third-order valence-corrected chi connectivity index (χ3v) is 5.50. The first-order valence-corrected chi connectivity index (χ1v) is 10.8. The third-order valence-electron chi connectivity index (χ3n) is 5.50. The summed E-state index contributed by atoms with van der Waals surface area (Å²) in [7, 11) is 0. The maximum Gasteiger partial charge on any atom is 0.119 e. The predicted octanol–water partition coefficient (Wildman–Crippen LogP) is 4.16. The smallest absolute Gasteiger partial charge is 0.119 e. The minimum absolute atomic E-state index is 0.753. The number of rotatable bonds is 10. The summed E-state index contributed by atoms with van der Waals surface area (Å²) in [6, 6.07) is 18.5. The lowest BCUT2D eigenvalue weighted by atomic mass is 10.2. The quantitative estimate of drug-likeness (QED) is 0.485. The molecule has 1 aliphatic heterocycles. The Morgan fingerprint density at radius 2 is 1.66 bits per heavy atom. The van der Waals surface area contributed by atoms with Crippen molar-refractivity contribution in [3.63, 3.8) is 0 Å². The number of hydrogen-bond donors (Lipinski definition) is 0. The van der Waals surface area contributed by atoms with Gasteiger partial charge in [0.2, 0.25) is 0 Å². The van der Waals surface area contributed by atoms with E-state index in [0.717, 1.165) is 82.9 Å². The molecule has 1 saturated heterocycles. The van der Waals surface area contributed by atoms with Gasteiger partial charge in [-0.2, -0.15) is 0 Å². The molecular weight excluding hydrogens is 362 g/mol. The van der Waals surface area contributed by atoms with Gasteiger partial charge in [0.25, 0.3) is 0 Å². The zero-order valence-electron chi connectivity index (χ0n) is 17.1. The number of unbranched alkanes of at least 4 members (excludes halogenated alkanes) is 1. The van der Waals surface area contributed by atoms with Crippen LogP contribution in [0.4, 0.5) is 0 Å². The van der Waals surface area contributed by atoms with Crippen LogP contribution in [-0.2, 0) is 17.7 Å². The zero-order chi connectivity index (χ0) is 19.7. The van der Waals surface area contributed by atoms with E-state index in [4.69, 9.17) is 14.5 Å². The molecule has 4 rings (SSSR count). The molecule has 29 heavy (non-hydrogen) atoms. The van der Waals surface area contributed by atoms with Crippen molar-refractivity contribution in [3.05, 3.63) is 60.4 Å². The molecule has 0 saturated carbocycles. The monoisotopic (exact) mass is 393 g/mol. The number of ether oxygens (including phenoxy) is 2. The van der Waals surface area contributed by atoms with E-state index in [1.54, 1.807) is 0 Å². The maximum atomic E-state index is 5.83. The van der Waals surface area contributed by atoms with Gasteiger partial charge in [-0.15, -0.1) is 0 Å². The lowest BCUT2D eigenvalue weighted by Gasteiger charge is -2.26. The molecule has 2 aromatic carbocycles. The summed E-state index contributed by atoms with van der Waals surface area (Å²) in [5, 5.41) is 0. The van der Waals surface area contributed by atoms with Crippen LogP contribution >= 0.6 is 0 Å². The van der Waals surface area contributed by atoms with Crippen LogP contribution in [0, 0.1) is 0 Å². The van der Waals surface area contributed by atoms with E-state index < -0.39 is 0 Å². The Bertz CT molecular complexity index is 872. The summed E-state index contributed by atoms with van der Waals surface area (Å²) < 4.78 is 13.7. The molecule has 1 fully saturated rings. The van der Waals surface area contributed by atoms with Gasteiger partial charge < -0.3 is 14.0 Å². The minimum atomic E-state index is 0.753. The fourth-order valence-corrected chi connectivity index (χ4v) is 3.93. The Labute approximate surface area is 173 Å². The molecule has 5 nitrogen and oxygen atoms in total. The van der Waals surface area contributed by atoms with Crippen molar-refractivity contribution in [1.82, 2.24) is 14.5 Å². The zero-order valence-corrected chi connectivity index (χ0v) is 17.1. The SMILES string of the molecule is c1ccc(OCCCCn2c(CCCN3CCOCC3)nc3ccccc32)cc1. The van der Waals surface area contributed by atoms with E-state index in [-0.39, 0.29) is 0 Å². The van der Waals surface area contributed by atoms with Crippen LogP contribution in [0.1, 0.15) is 25.1 Å². The van der Waals surface area contributed by atoms with E-state index in [1.165, 1.54) is 11.3 Å². The molecule has 0 aliphatic carbocycles. The Morgan fingerprint density at radius 3 is 2.52 bits per heavy atom. The van der Waals surface area contributed by atoms with Crippen LogP contribution < -0.4 is 4.74 Å². The number of hydrogen-bond acceptors (Lipinski definition) is 4. The Kier molecular flexibility index (Phi) is 7.16. The first-order chi connectivity index (χ1) is 14.4. The number of nitrogens with zero attached hydrogens (tertiary/aromatic N) is 3. The van der Waals surface area contributed by atoms with E-state index >= 15 is 0 Å². The maximum absolute atomic E-state index is 5.83. The molecule has 3 aromatic rings. The van der Waals surface area contributed by atoms with Crippen molar-refractivity contribution in [2.75, 3.05) is 39.5 Å². The largest absolute Gasteiger partial charge is 0.494 e. The molecule has 0 unspecified atom stereocenters. The van der Waals surface area contributed by atoms with Gasteiger partial charge in [-0.25, -0.2) is 4.98 Å². The molecule has 0 radical (unpaired) electrons. The first-order valence-electron chi connectivity index (χ1n) is 10.8. The summed E-state index contributed by atoms with van der Waals surface area (Å²) in [4.78, 5) is 7.43. The van der Waals surface area contributed by atoms with Gasteiger partial charge in [0.1, 0.15) is 11.6 Å². The molecule has 0 spiro atoms. The standard InChI is InChI=1S/C24H31N3O2/c1-2-9-21(10-3-1)29-18-7-6-15-27-23-12-5-4-11-22(23)25-24(27)13-8-14-26-16-19-28-20-17-26/h1-5,9-12H,6-8,13-20H2. The van der Waals surface area contributed by atoms with Crippen molar-refractivity contribution in [2.24, 2.45) is 0 Å². The van der Waals surface area contributed by atoms with Gasteiger partial charge in [-0.05, 0) is 50.1 Å². The van der Waals surface area contributed by atoms with Gasteiger partial charge in [0.15, 0.2) is 0 Å². The Morgan fingerprint density at radius 1 is 0.862 bits per heavy atom. The summed E-state index contributed by atoms with van der Waals surface area (Å²) in [6.07, 6.45) is 4.28. The Hall–Kier alpha value is -2.37. The lowest BCUT2D eigenvalue weighted by molar-refractivity contribution is 0.0374. The minimum Gasteiger partial charge on any atom is -0.494 e. The average Bonchev–Trinajstić information content (AvgIpc) is 3.12. The molecule has 2 heterocycles. The van der Waals surface area contributed by atoms with Gasteiger partial charge in [-0.1, -0.05) is 30.3 Å². The summed E-state index contributed by atoms with van der Waals surface area (Å²) in [5.41, 5.74) is 2.35. The highest BCUT2D eigenvalue weighted by molar-refractivity contribution is 5.75. The van der Waals surface area contributed by atoms with Gasteiger partial charge in [0, 0.05) is 26.1 Å². The van der Waals surface area contributed by atoms with Gasteiger partial charge in [0.05, 0.1) is 30.9 Å². The molecule has 1 aromatic heterocycles. The van der Waals surface area contributed by atoms with Crippen LogP contribution in [0.15, 0.2) is 54.6 Å². The van der Waals surface area contributed by atoms with E-state index in [1.807, 2.05) is 30.3 Å². The second-order valence-corrected chi connectivity index (χ2v) is 7.59. The van der Waals surface area contributed by atoms with Crippen molar-refractivity contribution < 1.29 is 9.47 Å². The van der Waals surface area contributed by atoms with E-state index in [9.17, 15) is 0 Å². The summed E-state index contributed by atoms with van der Waals surface area (Å²) in [5.74, 6) is 2.16. The molecule has 0 atom stereocenters. The summed E-state index contributed by atoms with van der Waals surface area (Å²) >= 11 is 0. The molecule has 1 aliphatic rings. The number of fused-ring (bicyclic) bond motifs is 1. The number of aromatic nitrogens is 2. The fraction of sp³-hybridized carbons (Fsp3) is 0.458. The average molecular weight is 394 g/mol. The summed E-state index contributed by atoms with van der Waals surface area (Å²) in [6.45, 7) is 6.70. The Balaban J connectivity index is 1.31. The van der Waals surface area contributed by atoms with Crippen LogP contribution in [0.5, 0.6) is 5.75 Å². The molecule has 0 N–H and O–H groups in total. The van der Waals surface area contributed by atoms with Crippen molar-refractivity contribution in [1.29, 1.82) is 0 Å².